The highest BCUT2D eigenvalue weighted by molar-refractivity contribution is 7.98. The Morgan fingerprint density at radius 2 is 2.53 bits per heavy atom. The quantitative estimate of drug-likeness (QED) is 0.642. The van der Waals surface area contributed by atoms with Crippen molar-refractivity contribution in [3.8, 4) is 0 Å². The topological polar surface area (TPSA) is 41.5 Å². The molecule has 0 aromatic rings. The Morgan fingerprint density at radius 1 is 1.67 bits per heavy atom. The maximum Gasteiger partial charge on any atom is 0.0689 e. The SMILES string of the molecule is CSCCC(CO)NCC1=CCCOC1. The lowest BCUT2D eigenvalue weighted by molar-refractivity contribution is 0.147. The lowest BCUT2D eigenvalue weighted by Gasteiger charge is -2.19. The number of thioether (sulfide) groups is 1. The zero-order valence-corrected chi connectivity index (χ0v) is 10.2. The van der Waals surface area contributed by atoms with E-state index in [4.69, 9.17) is 9.84 Å². The highest BCUT2D eigenvalue weighted by atomic mass is 32.2. The zero-order chi connectivity index (χ0) is 10.9. The smallest absolute Gasteiger partial charge is 0.0689 e. The van der Waals surface area contributed by atoms with Crippen molar-refractivity contribution in [1.29, 1.82) is 0 Å². The molecule has 0 saturated carbocycles. The molecule has 0 bridgehead atoms. The molecule has 0 radical (unpaired) electrons. The van der Waals surface area contributed by atoms with Crippen LogP contribution in [0.2, 0.25) is 0 Å². The first-order valence-corrected chi connectivity index (χ1v) is 6.85. The minimum absolute atomic E-state index is 0.217. The highest BCUT2D eigenvalue weighted by Crippen LogP contribution is 2.05. The lowest BCUT2D eigenvalue weighted by Crippen LogP contribution is -2.35. The summed E-state index contributed by atoms with van der Waals surface area (Å²) in [4.78, 5) is 0. The van der Waals surface area contributed by atoms with E-state index < -0.39 is 0 Å². The predicted octanol–water partition coefficient (Wildman–Crippen LogP) is 1.04. The Hall–Kier alpha value is -0.0300. The maximum absolute atomic E-state index is 9.16. The number of hydrogen-bond donors (Lipinski definition) is 2. The van der Waals surface area contributed by atoms with E-state index in [0.717, 1.165) is 38.4 Å². The molecule has 1 unspecified atom stereocenters. The molecule has 1 heterocycles. The normalized spacial score (nSPS) is 18.7. The number of ether oxygens (including phenoxy) is 1. The average molecular weight is 231 g/mol. The van der Waals surface area contributed by atoms with Gasteiger partial charge in [-0.1, -0.05) is 6.08 Å². The molecule has 0 fully saturated rings. The average Bonchev–Trinajstić information content (AvgIpc) is 2.31. The van der Waals surface area contributed by atoms with Gasteiger partial charge in [0.1, 0.15) is 0 Å². The summed E-state index contributed by atoms with van der Waals surface area (Å²) < 4.78 is 5.35. The van der Waals surface area contributed by atoms with Gasteiger partial charge in [-0.3, -0.25) is 0 Å². The van der Waals surface area contributed by atoms with Crippen molar-refractivity contribution in [3.05, 3.63) is 11.6 Å². The van der Waals surface area contributed by atoms with Gasteiger partial charge in [-0.05, 0) is 30.4 Å². The largest absolute Gasteiger partial charge is 0.395 e. The molecule has 0 saturated heterocycles. The van der Waals surface area contributed by atoms with E-state index >= 15 is 0 Å². The van der Waals surface area contributed by atoms with Gasteiger partial charge in [-0.2, -0.15) is 11.8 Å². The molecule has 0 spiro atoms. The van der Waals surface area contributed by atoms with Gasteiger partial charge in [0.15, 0.2) is 0 Å². The van der Waals surface area contributed by atoms with Crippen LogP contribution in [0.4, 0.5) is 0 Å². The van der Waals surface area contributed by atoms with Crippen molar-refractivity contribution in [2.24, 2.45) is 0 Å². The molecule has 15 heavy (non-hydrogen) atoms. The molecule has 88 valence electrons. The predicted molar refractivity (Wildman–Crippen MR) is 65.4 cm³/mol. The van der Waals surface area contributed by atoms with E-state index in [1.807, 2.05) is 11.8 Å². The molecule has 0 amide bonds. The number of nitrogens with one attached hydrogen (secondary N) is 1. The fourth-order valence-corrected chi connectivity index (χ4v) is 2.05. The van der Waals surface area contributed by atoms with Gasteiger partial charge >= 0.3 is 0 Å². The van der Waals surface area contributed by atoms with Crippen LogP contribution in [0, 0.1) is 0 Å². The van der Waals surface area contributed by atoms with Crippen molar-refractivity contribution < 1.29 is 9.84 Å². The molecule has 0 aliphatic carbocycles. The van der Waals surface area contributed by atoms with E-state index in [1.54, 1.807) is 0 Å². The summed E-state index contributed by atoms with van der Waals surface area (Å²) in [6, 6.07) is 0.222. The third kappa shape index (κ3) is 5.56. The van der Waals surface area contributed by atoms with Crippen LogP contribution >= 0.6 is 11.8 Å². The number of hydrogen-bond acceptors (Lipinski definition) is 4. The van der Waals surface area contributed by atoms with Crippen molar-refractivity contribution >= 4 is 11.8 Å². The van der Waals surface area contributed by atoms with Crippen molar-refractivity contribution in [3.63, 3.8) is 0 Å². The Balaban J connectivity index is 2.17. The molecule has 0 aromatic carbocycles. The van der Waals surface area contributed by atoms with Gasteiger partial charge in [-0.15, -0.1) is 0 Å². The van der Waals surface area contributed by atoms with Crippen LogP contribution in [0.15, 0.2) is 11.6 Å². The van der Waals surface area contributed by atoms with Crippen LogP contribution in [0.1, 0.15) is 12.8 Å². The first-order chi connectivity index (χ1) is 7.36. The first-order valence-electron chi connectivity index (χ1n) is 5.45. The Bertz CT molecular complexity index is 197. The molecule has 2 N–H and O–H groups in total. The number of aliphatic hydroxyl groups excluding tert-OH is 1. The Morgan fingerprint density at radius 3 is 3.13 bits per heavy atom. The Labute approximate surface area is 96.3 Å². The minimum Gasteiger partial charge on any atom is -0.395 e. The summed E-state index contributed by atoms with van der Waals surface area (Å²) in [7, 11) is 0. The van der Waals surface area contributed by atoms with E-state index in [0.29, 0.717) is 0 Å². The third-order valence-corrected chi connectivity index (χ3v) is 3.14. The van der Waals surface area contributed by atoms with Crippen LogP contribution in [-0.4, -0.2) is 49.5 Å². The highest BCUT2D eigenvalue weighted by Gasteiger charge is 2.08. The van der Waals surface area contributed by atoms with Crippen molar-refractivity contribution in [1.82, 2.24) is 5.32 Å². The van der Waals surface area contributed by atoms with Crippen molar-refractivity contribution in [2.75, 3.05) is 38.4 Å². The van der Waals surface area contributed by atoms with Crippen LogP contribution in [-0.2, 0) is 4.74 Å². The fraction of sp³-hybridized carbons (Fsp3) is 0.818. The van der Waals surface area contributed by atoms with Crippen LogP contribution in [0.5, 0.6) is 0 Å². The van der Waals surface area contributed by atoms with Gasteiger partial charge in [0.25, 0.3) is 0 Å². The van der Waals surface area contributed by atoms with E-state index in [1.165, 1.54) is 5.57 Å². The van der Waals surface area contributed by atoms with Gasteiger partial charge in [0.2, 0.25) is 0 Å². The van der Waals surface area contributed by atoms with Crippen LogP contribution < -0.4 is 5.32 Å². The third-order valence-electron chi connectivity index (χ3n) is 2.49. The number of aliphatic hydroxyl groups is 1. The molecule has 1 rings (SSSR count). The molecule has 0 aromatic heterocycles. The molecular weight excluding hydrogens is 210 g/mol. The molecule has 3 nitrogen and oxygen atoms in total. The maximum atomic E-state index is 9.16. The van der Waals surface area contributed by atoms with Gasteiger partial charge in [0, 0.05) is 12.6 Å². The van der Waals surface area contributed by atoms with Crippen LogP contribution in [0.3, 0.4) is 0 Å². The van der Waals surface area contributed by atoms with Gasteiger partial charge < -0.3 is 15.2 Å². The summed E-state index contributed by atoms with van der Waals surface area (Å²) in [5.41, 5.74) is 1.31. The number of rotatable bonds is 7. The summed E-state index contributed by atoms with van der Waals surface area (Å²) in [5.74, 6) is 1.09. The summed E-state index contributed by atoms with van der Waals surface area (Å²) in [6.45, 7) is 2.65. The van der Waals surface area contributed by atoms with E-state index in [2.05, 4.69) is 17.6 Å². The molecule has 1 aliphatic heterocycles. The van der Waals surface area contributed by atoms with Gasteiger partial charge in [0.05, 0.1) is 19.8 Å². The molecule has 1 aliphatic rings. The van der Waals surface area contributed by atoms with Crippen molar-refractivity contribution in [2.45, 2.75) is 18.9 Å². The second-order valence-electron chi connectivity index (χ2n) is 3.75. The Kier molecular flexibility index (Phi) is 7.09. The molecule has 1 atom stereocenters. The lowest BCUT2D eigenvalue weighted by atomic mass is 10.1. The second kappa shape index (κ2) is 8.16. The first kappa shape index (κ1) is 13.0. The summed E-state index contributed by atoms with van der Waals surface area (Å²) >= 11 is 1.82. The van der Waals surface area contributed by atoms with Crippen LogP contribution in [0.25, 0.3) is 0 Å². The monoisotopic (exact) mass is 231 g/mol. The fourth-order valence-electron chi connectivity index (χ4n) is 1.53. The minimum atomic E-state index is 0.217. The second-order valence-corrected chi connectivity index (χ2v) is 4.73. The summed E-state index contributed by atoms with van der Waals surface area (Å²) in [5, 5.41) is 12.5. The van der Waals surface area contributed by atoms with E-state index in [-0.39, 0.29) is 12.6 Å². The zero-order valence-electron chi connectivity index (χ0n) is 9.37. The van der Waals surface area contributed by atoms with Gasteiger partial charge in [-0.25, -0.2) is 0 Å². The standard InChI is InChI=1S/C11H21NO2S/c1-15-6-4-11(8-13)12-7-10-3-2-5-14-9-10/h3,11-13H,2,4-9H2,1H3. The molecule has 4 heteroatoms. The van der Waals surface area contributed by atoms with E-state index in [9.17, 15) is 0 Å². The molecular formula is C11H21NO2S. The summed E-state index contributed by atoms with van der Waals surface area (Å²) in [6.07, 6.45) is 6.36.